The van der Waals surface area contributed by atoms with Crippen molar-refractivity contribution < 1.29 is 19.0 Å². The highest BCUT2D eigenvalue weighted by molar-refractivity contribution is 6.32. The van der Waals surface area contributed by atoms with Gasteiger partial charge >= 0.3 is 5.97 Å². The molecule has 5 nitrogen and oxygen atoms in total. The van der Waals surface area contributed by atoms with Gasteiger partial charge in [-0.1, -0.05) is 11.6 Å². The molecule has 18 heavy (non-hydrogen) atoms. The van der Waals surface area contributed by atoms with E-state index in [0.29, 0.717) is 41.7 Å². The molecule has 0 amide bonds. The molecule has 0 bridgehead atoms. The highest BCUT2D eigenvalue weighted by Crippen LogP contribution is 2.36. The van der Waals surface area contributed by atoms with Crippen molar-refractivity contribution in [2.75, 3.05) is 27.4 Å². The summed E-state index contributed by atoms with van der Waals surface area (Å²) in [5.41, 5.74) is 5.69. The zero-order chi connectivity index (χ0) is 13.5. The average molecular weight is 274 g/mol. The smallest absolute Gasteiger partial charge is 0.338 e. The lowest BCUT2D eigenvalue weighted by atomic mass is 10.2. The Balaban J connectivity index is 3.00. The molecule has 0 spiro atoms. The monoisotopic (exact) mass is 273 g/mol. The summed E-state index contributed by atoms with van der Waals surface area (Å²) in [6.07, 6.45) is 0.707. The Hall–Kier alpha value is -1.46. The van der Waals surface area contributed by atoms with Crippen LogP contribution in [-0.4, -0.2) is 33.3 Å². The minimum absolute atomic E-state index is 0.298. The lowest BCUT2D eigenvalue weighted by molar-refractivity contribution is 0.0600. The predicted octanol–water partition coefficient (Wildman–Crippen LogP) is 1.86. The van der Waals surface area contributed by atoms with Crippen LogP contribution >= 0.6 is 11.6 Å². The number of hydrogen-bond acceptors (Lipinski definition) is 5. The van der Waals surface area contributed by atoms with Gasteiger partial charge in [0.2, 0.25) is 0 Å². The molecule has 0 saturated carbocycles. The largest absolute Gasteiger partial charge is 0.493 e. The number of carbonyl (C=O) groups excluding carboxylic acids is 1. The first-order chi connectivity index (χ1) is 8.63. The third-order valence-electron chi connectivity index (χ3n) is 2.25. The molecule has 0 fully saturated rings. The summed E-state index contributed by atoms with van der Waals surface area (Å²) in [5.74, 6) is 0.309. The second kappa shape index (κ2) is 7.08. The van der Waals surface area contributed by atoms with Gasteiger partial charge in [0.05, 0.1) is 31.4 Å². The fourth-order valence-electron chi connectivity index (χ4n) is 1.35. The fraction of sp³-hybridized carbons (Fsp3) is 0.417. The SMILES string of the molecule is COC(=O)c1cc(Cl)c(OCCCN)c(OC)c1. The maximum Gasteiger partial charge on any atom is 0.338 e. The molecule has 0 aliphatic carbocycles. The second-order valence-corrected chi connectivity index (χ2v) is 3.88. The number of hydrogen-bond donors (Lipinski definition) is 1. The van der Waals surface area contributed by atoms with Gasteiger partial charge in [-0.3, -0.25) is 0 Å². The lowest BCUT2D eigenvalue weighted by Crippen LogP contribution is -2.08. The molecule has 100 valence electrons. The van der Waals surface area contributed by atoms with E-state index in [1.54, 1.807) is 0 Å². The number of rotatable bonds is 6. The van der Waals surface area contributed by atoms with Crippen molar-refractivity contribution in [1.82, 2.24) is 0 Å². The molecule has 0 heterocycles. The molecule has 2 N–H and O–H groups in total. The molecular weight excluding hydrogens is 258 g/mol. The quantitative estimate of drug-likeness (QED) is 0.633. The van der Waals surface area contributed by atoms with Gasteiger partial charge < -0.3 is 19.9 Å². The van der Waals surface area contributed by atoms with Gasteiger partial charge in [-0.2, -0.15) is 0 Å². The van der Waals surface area contributed by atoms with E-state index in [-0.39, 0.29) is 0 Å². The van der Waals surface area contributed by atoms with E-state index >= 15 is 0 Å². The fourth-order valence-corrected chi connectivity index (χ4v) is 1.62. The first-order valence-electron chi connectivity index (χ1n) is 5.42. The molecule has 0 aliphatic heterocycles. The zero-order valence-electron chi connectivity index (χ0n) is 10.4. The van der Waals surface area contributed by atoms with Crippen molar-refractivity contribution in [3.63, 3.8) is 0 Å². The van der Waals surface area contributed by atoms with Crippen molar-refractivity contribution in [3.8, 4) is 11.5 Å². The van der Waals surface area contributed by atoms with Crippen LogP contribution in [0.25, 0.3) is 0 Å². The maximum atomic E-state index is 11.4. The predicted molar refractivity (Wildman–Crippen MR) is 68.5 cm³/mol. The highest BCUT2D eigenvalue weighted by Gasteiger charge is 2.16. The van der Waals surface area contributed by atoms with Gasteiger partial charge in [0, 0.05) is 0 Å². The van der Waals surface area contributed by atoms with Gasteiger partial charge in [-0.25, -0.2) is 4.79 Å². The number of methoxy groups -OCH3 is 2. The normalized spacial score (nSPS) is 10.0. The van der Waals surface area contributed by atoms with Crippen LogP contribution in [-0.2, 0) is 4.74 Å². The van der Waals surface area contributed by atoms with Gasteiger partial charge in [-0.15, -0.1) is 0 Å². The summed E-state index contributed by atoms with van der Waals surface area (Å²) in [6, 6.07) is 3.00. The molecule has 1 rings (SSSR count). The van der Waals surface area contributed by atoms with Crippen molar-refractivity contribution in [2.24, 2.45) is 5.73 Å². The van der Waals surface area contributed by atoms with E-state index in [2.05, 4.69) is 4.74 Å². The standard InChI is InChI=1S/C12H16ClNO4/c1-16-10-7-8(12(15)17-2)6-9(13)11(10)18-5-3-4-14/h6-7H,3-5,14H2,1-2H3. The molecule has 1 aromatic rings. The van der Waals surface area contributed by atoms with Crippen LogP contribution in [0.2, 0.25) is 5.02 Å². The van der Waals surface area contributed by atoms with E-state index in [9.17, 15) is 4.79 Å². The summed E-state index contributed by atoms with van der Waals surface area (Å²) in [6.45, 7) is 0.963. The van der Waals surface area contributed by atoms with Crippen LogP contribution < -0.4 is 15.2 Å². The van der Waals surface area contributed by atoms with E-state index in [1.165, 1.54) is 26.4 Å². The minimum atomic E-state index is -0.483. The second-order valence-electron chi connectivity index (χ2n) is 3.47. The lowest BCUT2D eigenvalue weighted by Gasteiger charge is -2.13. The molecule has 0 aliphatic rings. The van der Waals surface area contributed by atoms with Crippen molar-refractivity contribution >= 4 is 17.6 Å². The molecular formula is C12H16ClNO4. The topological polar surface area (TPSA) is 70.8 Å². The molecule has 0 radical (unpaired) electrons. The number of esters is 1. The number of halogens is 1. The van der Waals surface area contributed by atoms with Crippen LogP contribution in [0, 0.1) is 0 Å². The van der Waals surface area contributed by atoms with E-state index in [4.69, 9.17) is 26.8 Å². The summed E-state index contributed by atoms with van der Waals surface area (Å²) in [4.78, 5) is 11.4. The van der Waals surface area contributed by atoms with E-state index in [1.807, 2.05) is 0 Å². The Morgan fingerprint density at radius 3 is 2.67 bits per heavy atom. The van der Waals surface area contributed by atoms with Crippen molar-refractivity contribution in [2.45, 2.75) is 6.42 Å². The van der Waals surface area contributed by atoms with Crippen LogP contribution in [0.1, 0.15) is 16.8 Å². The Kier molecular flexibility index (Phi) is 5.74. The third kappa shape index (κ3) is 3.51. The molecule has 0 aromatic heterocycles. The number of benzene rings is 1. The van der Waals surface area contributed by atoms with Gasteiger partial charge in [-0.05, 0) is 25.1 Å². The average Bonchev–Trinajstić information content (AvgIpc) is 2.39. The summed E-state index contributed by atoms with van der Waals surface area (Å²) in [5, 5.41) is 0.298. The van der Waals surface area contributed by atoms with Gasteiger partial charge in [0.25, 0.3) is 0 Å². The summed E-state index contributed by atoms with van der Waals surface area (Å²) in [7, 11) is 2.77. The number of ether oxygens (including phenoxy) is 3. The number of nitrogens with two attached hydrogens (primary N) is 1. The van der Waals surface area contributed by atoms with Crippen LogP contribution in [0.3, 0.4) is 0 Å². The van der Waals surface area contributed by atoms with Crippen LogP contribution in [0.5, 0.6) is 11.5 Å². The molecule has 1 aromatic carbocycles. The van der Waals surface area contributed by atoms with Crippen LogP contribution in [0.4, 0.5) is 0 Å². The highest BCUT2D eigenvalue weighted by atomic mass is 35.5. The molecule has 6 heteroatoms. The zero-order valence-corrected chi connectivity index (χ0v) is 11.1. The first kappa shape index (κ1) is 14.6. The molecule has 0 unspecified atom stereocenters. The van der Waals surface area contributed by atoms with E-state index in [0.717, 1.165) is 0 Å². The number of carbonyl (C=O) groups is 1. The summed E-state index contributed by atoms with van der Waals surface area (Å²) >= 11 is 6.05. The van der Waals surface area contributed by atoms with Crippen molar-refractivity contribution in [3.05, 3.63) is 22.7 Å². The van der Waals surface area contributed by atoms with Crippen LogP contribution in [0.15, 0.2) is 12.1 Å². The Morgan fingerprint density at radius 1 is 1.39 bits per heavy atom. The summed E-state index contributed by atoms with van der Waals surface area (Å²) < 4.78 is 15.2. The third-order valence-corrected chi connectivity index (χ3v) is 2.53. The van der Waals surface area contributed by atoms with Crippen molar-refractivity contribution in [1.29, 1.82) is 0 Å². The maximum absolute atomic E-state index is 11.4. The Labute approximate surface area is 111 Å². The van der Waals surface area contributed by atoms with E-state index < -0.39 is 5.97 Å². The Morgan fingerprint density at radius 2 is 2.11 bits per heavy atom. The molecule has 0 saturated heterocycles. The van der Waals surface area contributed by atoms with Gasteiger partial charge in [0.15, 0.2) is 11.5 Å². The Bertz CT molecular complexity index is 423. The molecule has 0 atom stereocenters. The minimum Gasteiger partial charge on any atom is -0.493 e. The first-order valence-corrected chi connectivity index (χ1v) is 5.80. The van der Waals surface area contributed by atoms with Gasteiger partial charge in [0.1, 0.15) is 0 Å².